The molecule has 0 atom stereocenters. The number of anilines is 1. The first-order valence-corrected chi connectivity index (χ1v) is 12.0. The molecule has 2 N–H and O–H groups in total. The van der Waals surface area contributed by atoms with Gasteiger partial charge >= 0.3 is 0 Å². The molecule has 0 radical (unpaired) electrons. The highest BCUT2D eigenvalue weighted by Gasteiger charge is 2.30. The Kier molecular flexibility index (Phi) is 6.97. The highest BCUT2D eigenvalue weighted by molar-refractivity contribution is 7.89. The average Bonchev–Trinajstić information content (AvgIpc) is 2.74. The number of nitrogens with zero attached hydrogens (tertiary/aromatic N) is 2. The standard InChI is InChI=1S/C20H30N4O5S/c1-14-3-5-16(6-4-14)22-30(28,29)17-7-8-18(19(13-17)24(26)27)23-11-9-15(10-12-23)20(25)21-2/h7-8,13-16,22H,3-6,9-12H2,1-2H3,(H,21,25). The molecule has 2 fully saturated rings. The summed E-state index contributed by atoms with van der Waals surface area (Å²) in [6.45, 7) is 3.16. The van der Waals surface area contributed by atoms with E-state index in [1.807, 2.05) is 4.90 Å². The van der Waals surface area contributed by atoms with Gasteiger partial charge in [-0.3, -0.25) is 14.9 Å². The summed E-state index contributed by atoms with van der Waals surface area (Å²) < 4.78 is 28.3. The van der Waals surface area contributed by atoms with Crippen LogP contribution in [0.5, 0.6) is 0 Å². The van der Waals surface area contributed by atoms with E-state index < -0.39 is 14.9 Å². The third-order valence-corrected chi connectivity index (χ3v) is 7.76. The smallest absolute Gasteiger partial charge is 0.293 e. The Morgan fingerprint density at radius 3 is 2.33 bits per heavy atom. The van der Waals surface area contributed by atoms with E-state index in [1.54, 1.807) is 7.05 Å². The summed E-state index contributed by atoms with van der Waals surface area (Å²) in [7, 11) is -2.23. The van der Waals surface area contributed by atoms with Crippen LogP contribution in [0.15, 0.2) is 23.1 Å². The van der Waals surface area contributed by atoms with Crippen LogP contribution in [-0.4, -0.2) is 45.4 Å². The number of sulfonamides is 1. The summed E-state index contributed by atoms with van der Waals surface area (Å²) in [6, 6.07) is 3.96. The highest BCUT2D eigenvalue weighted by atomic mass is 32.2. The molecule has 1 amide bonds. The zero-order chi connectivity index (χ0) is 21.9. The van der Waals surface area contributed by atoms with Gasteiger partial charge in [0.1, 0.15) is 5.69 Å². The van der Waals surface area contributed by atoms with E-state index >= 15 is 0 Å². The maximum Gasteiger partial charge on any atom is 0.293 e. The Morgan fingerprint density at radius 1 is 1.13 bits per heavy atom. The van der Waals surface area contributed by atoms with Crippen LogP contribution in [-0.2, 0) is 14.8 Å². The molecule has 30 heavy (non-hydrogen) atoms. The van der Waals surface area contributed by atoms with Crippen molar-refractivity contribution in [3.05, 3.63) is 28.3 Å². The third-order valence-electron chi connectivity index (χ3n) is 6.24. The van der Waals surface area contributed by atoms with Gasteiger partial charge in [-0.05, 0) is 56.6 Å². The zero-order valence-electron chi connectivity index (χ0n) is 17.5. The Labute approximate surface area is 177 Å². The molecule has 1 saturated carbocycles. The molecule has 2 aliphatic rings. The van der Waals surface area contributed by atoms with Gasteiger partial charge in [-0.25, -0.2) is 13.1 Å². The Bertz CT molecular complexity index is 888. The number of carbonyl (C=O) groups is 1. The molecule has 0 unspecified atom stereocenters. The number of piperidine rings is 1. The van der Waals surface area contributed by atoms with Gasteiger partial charge in [0.15, 0.2) is 0 Å². The lowest BCUT2D eigenvalue weighted by molar-refractivity contribution is -0.384. The van der Waals surface area contributed by atoms with Crippen LogP contribution in [0.2, 0.25) is 0 Å². The number of amides is 1. The summed E-state index contributed by atoms with van der Waals surface area (Å²) in [5.74, 6) is 0.472. The van der Waals surface area contributed by atoms with Gasteiger partial charge in [0.2, 0.25) is 15.9 Å². The molecule has 1 aliphatic heterocycles. The van der Waals surface area contributed by atoms with Crippen LogP contribution >= 0.6 is 0 Å². The van der Waals surface area contributed by atoms with Crippen molar-refractivity contribution in [3.63, 3.8) is 0 Å². The van der Waals surface area contributed by atoms with Crippen LogP contribution in [0, 0.1) is 22.0 Å². The second kappa shape index (κ2) is 9.30. The van der Waals surface area contributed by atoms with Crippen molar-refractivity contribution in [1.29, 1.82) is 0 Å². The number of rotatable bonds is 6. The minimum atomic E-state index is -3.83. The quantitative estimate of drug-likeness (QED) is 0.520. The second-order valence-corrected chi connectivity index (χ2v) is 10.1. The van der Waals surface area contributed by atoms with Gasteiger partial charge in [0.05, 0.1) is 9.82 Å². The molecular weight excluding hydrogens is 408 g/mol. The maximum atomic E-state index is 12.8. The molecular formula is C20H30N4O5S. The molecule has 1 heterocycles. The lowest BCUT2D eigenvalue weighted by Crippen LogP contribution is -2.40. The fourth-order valence-corrected chi connectivity index (χ4v) is 5.66. The lowest BCUT2D eigenvalue weighted by Gasteiger charge is -2.32. The molecule has 3 rings (SSSR count). The third kappa shape index (κ3) is 5.10. The first-order valence-electron chi connectivity index (χ1n) is 10.5. The molecule has 1 aromatic rings. The lowest BCUT2D eigenvalue weighted by atomic mass is 9.88. The molecule has 10 heteroatoms. The van der Waals surface area contributed by atoms with E-state index in [1.165, 1.54) is 12.1 Å². The van der Waals surface area contributed by atoms with Crippen molar-refractivity contribution in [2.45, 2.75) is 56.4 Å². The van der Waals surface area contributed by atoms with Crippen LogP contribution in [0.25, 0.3) is 0 Å². The van der Waals surface area contributed by atoms with Gasteiger partial charge in [0.25, 0.3) is 5.69 Å². The van der Waals surface area contributed by atoms with Crippen molar-refractivity contribution in [3.8, 4) is 0 Å². The molecule has 0 aromatic heterocycles. The van der Waals surface area contributed by atoms with Crippen LogP contribution in [0.3, 0.4) is 0 Å². The Balaban J connectivity index is 1.77. The maximum absolute atomic E-state index is 12.8. The van der Waals surface area contributed by atoms with Gasteiger partial charge in [-0.2, -0.15) is 0 Å². The molecule has 1 aromatic carbocycles. The van der Waals surface area contributed by atoms with Crippen molar-refractivity contribution < 1.29 is 18.1 Å². The monoisotopic (exact) mass is 438 g/mol. The fourth-order valence-electron chi connectivity index (χ4n) is 4.34. The Morgan fingerprint density at radius 2 is 1.77 bits per heavy atom. The van der Waals surface area contributed by atoms with E-state index in [2.05, 4.69) is 17.0 Å². The molecule has 0 spiro atoms. The number of hydrogen-bond acceptors (Lipinski definition) is 6. The van der Waals surface area contributed by atoms with Crippen molar-refractivity contribution in [2.24, 2.45) is 11.8 Å². The minimum absolute atomic E-state index is 0.0197. The fraction of sp³-hybridized carbons (Fsp3) is 0.650. The van der Waals surface area contributed by atoms with Crippen molar-refractivity contribution in [1.82, 2.24) is 10.0 Å². The normalized spacial score (nSPS) is 23.2. The summed E-state index contributed by atoms with van der Waals surface area (Å²) in [5.41, 5.74) is 0.161. The van der Waals surface area contributed by atoms with Gasteiger partial charge < -0.3 is 10.2 Å². The number of carbonyl (C=O) groups excluding carboxylic acids is 1. The van der Waals surface area contributed by atoms with Crippen molar-refractivity contribution >= 4 is 27.3 Å². The van der Waals surface area contributed by atoms with E-state index in [-0.39, 0.29) is 28.4 Å². The molecule has 1 aliphatic carbocycles. The first-order chi connectivity index (χ1) is 14.2. The number of nitro groups is 1. The number of nitro benzene ring substituents is 1. The molecule has 166 valence electrons. The summed E-state index contributed by atoms with van der Waals surface area (Å²) in [5, 5.41) is 14.3. The van der Waals surface area contributed by atoms with E-state index in [0.29, 0.717) is 37.5 Å². The number of benzene rings is 1. The van der Waals surface area contributed by atoms with E-state index in [0.717, 1.165) is 31.7 Å². The molecule has 0 bridgehead atoms. The first kappa shape index (κ1) is 22.5. The second-order valence-electron chi connectivity index (χ2n) is 8.36. The van der Waals surface area contributed by atoms with Crippen LogP contribution in [0.1, 0.15) is 45.4 Å². The average molecular weight is 439 g/mol. The van der Waals surface area contributed by atoms with Gasteiger partial charge in [-0.1, -0.05) is 6.92 Å². The van der Waals surface area contributed by atoms with Crippen molar-refractivity contribution in [2.75, 3.05) is 25.0 Å². The number of nitrogens with one attached hydrogen (secondary N) is 2. The van der Waals surface area contributed by atoms with Gasteiger partial charge in [-0.15, -0.1) is 0 Å². The Hall–Kier alpha value is -2.20. The zero-order valence-corrected chi connectivity index (χ0v) is 18.3. The van der Waals surface area contributed by atoms with Gasteiger partial charge in [0, 0.05) is 38.2 Å². The molecule has 9 nitrogen and oxygen atoms in total. The molecule has 1 saturated heterocycles. The van der Waals surface area contributed by atoms with Crippen LogP contribution in [0.4, 0.5) is 11.4 Å². The summed E-state index contributed by atoms with van der Waals surface area (Å²) in [4.78, 5) is 24.7. The number of hydrogen-bond donors (Lipinski definition) is 2. The van der Waals surface area contributed by atoms with E-state index in [9.17, 15) is 23.3 Å². The SMILES string of the molecule is CNC(=O)C1CCN(c2ccc(S(=O)(=O)NC3CCC(C)CC3)cc2[N+](=O)[O-])CC1. The summed E-state index contributed by atoms with van der Waals surface area (Å²) >= 11 is 0. The van der Waals surface area contributed by atoms with Crippen LogP contribution < -0.4 is 14.9 Å². The minimum Gasteiger partial charge on any atom is -0.366 e. The topological polar surface area (TPSA) is 122 Å². The van der Waals surface area contributed by atoms with E-state index in [4.69, 9.17) is 0 Å². The predicted octanol–water partition coefficient (Wildman–Crippen LogP) is 2.41. The summed E-state index contributed by atoms with van der Waals surface area (Å²) in [6.07, 6.45) is 4.69. The largest absolute Gasteiger partial charge is 0.366 e. The predicted molar refractivity (Wildman–Crippen MR) is 114 cm³/mol. The highest BCUT2D eigenvalue weighted by Crippen LogP contribution is 2.34.